The van der Waals surface area contributed by atoms with Crippen molar-refractivity contribution in [2.24, 2.45) is 5.73 Å². The van der Waals surface area contributed by atoms with Crippen LogP contribution in [0.4, 0.5) is 5.69 Å². The van der Waals surface area contributed by atoms with Crippen LogP contribution in [0.2, 0.25) is 10.0 Å². The highest BCUT2D eigenvalue weighted by atomic mass is 35.5. The molecule has 0 bridgehead atoms. The molecule has 4 aromatic carbocycles. The average Bonchev–Trinajstić information content (AvgIpc) is 2.96. The molecule has 5 rings (SSSR count). The van der Waals surface area contributed by atoms with Gasteiger partial charge in [0.1, 0.15) is 11.5 Å². The van der Waals surface area contributed by atoms with Gasteiger partial charge in [0.25, 0.3) is 0 Å². The summed E-state index contributed by atoms with van der Waals surface area (Å²) in [5, 5.41) is 0.590. The van der Waals surface area contributed by atoms with Crippen molar-refractivity contribution in [2.75, 3.05) is 31.1 Å². The summed E-state index contributed by atoms with van der Waals surface area (Å²) in [6.45, 7) is 2.01. The molecule has 7 nitrogen and oxygen atoms in total. The van der Waals surface area contributed by atoms with Crippen LogP contribution in [0.25, 0.3) is 11.1 Å². The third kappa shape index (κ3) is 5.74. The van der Waals surface area contributed by atoms with Crippen molar-refractivity contribution in [3.63, 3.8) is 0 Å². The van der Waals surface area contributed by atoms with Crippen molar-refractivity contribution in [3.8, 4) is 22.6 Å². The lowest BCUT2D eigenvalue weighted by molar-refractivity contribution is 0.100. The molecule has 0 aromatic heterocycles. The predicted molar refractivity (Wildman–Crippen MR) is 154 cm³/mol. The number of nitrogens with zero attached hydrogens (tertiary/aromatic N) is 2. The number of hydrogen-bond acceptors (Lipinski definition) is 5. The molecule has 10 heteroatoms. The van der Waals surface area contributed by atoms with Crippen LogP contribution in [0.1, 0.15) is 10.4 Å². The molecule has 200 valence electrons. The van der Waals surface area contributed by atoms with Crippen molar-refractivity contribution in [2.45, 2.75) is 4.90 Å². The molecule has 0 unspecified atom stereocenters. The maximum atomic E-state index is 12.9. The van der Waals surface area contributed by atoms with E-state index in [0.717, 1.165) is 5.69 Å². The molecule has 1 saturated heterocycles. The number of hydrogen-bond donors (Lipinski definition) is 1. The molecule has 1 amide bonds. The molecule has 1 aliphatic heterocycles. The van der Waals surface area contributed by atoms with Gasteiger partial charge in [0.2, 0.25) is 15.9 Å². The Morgan fingerprint density at radius 3 is 1.95 bits per heavy atom. The first-order valence-corrected chi connectivity index (χ1v) is 14.4. The summed E-state index contributed by atoms with van der Waals surface area (Å²) in [5.74, 6) is 0.656. The van der Waals surface area contributed by atoms with Crippen LogP contribution in [0.15, 0.2) is 95.9 Å². The zero-order valence-corrected chi connectivity index (χ0v) is 23.1. The van der Waals surface area contributed by atoms with Gasteiger partial charge in [-0.05, 0) is 66.2 Å². The number of ether oxygens (including phenoxy) is 1. The highest BCUT2D eigenvalue weighted by molar-refractivity contribution is 7.89. The van der Waals surface area contributed by atoms with Gasteiger partial charge in [-0.1, -0.05) is 53.5 Å². The topological polar surface area (TPSA) is 92.9 Å². The smallest absolute Gasteiger partial charge is 0.249 e. The van der Waals surface area contributed by atoms with Crippen molar-refractivity contribution in [1.82, 2.24) is 4.31 Å². The predicted octanol–water partition coefficient (Wildman–Crippen LogP) is 6.06. The fraction of sp³-hybridized carbons (Fsp3) is 0.138. The lowest BCUT2D eigenvalue weighted by Crippen LogP contribution is -2.48. The monoisotopic (exact) mass is 581 g/mol. The number of rotatable bonds is 7. The number of nitrogens with two attached hydrogens (primary N) is 1. The van der Waals surface area contributed by atoms with Gasteiger partial charge in [-0.3, -0.25) is 4.79 Å². The number of carbonyl (C=O) groups excluding carboxylic acids is 1. The van der Waals surface area contributed by atoms with Gasteiger partial charge in [0.05, 0.1) is 14.9 Å². The van der Waals surface area contributed by atoms with E-state index in [0.29, 0.717) is 58.7 Å². The number of anilines is 1. The highest BCUT2D eigenvalue weighted by Gasteiger charge is 2.28. The fourth-order valence-electron chi connectivity index (χ4n) is 4.52. The summed E-state index contributed by atoms with van der Waals surface area (Å²) in [5.41, 5.74) is 7.96. The Morgan fingerprint density at radius 1 is 0.769 bits per heavy atom. The normalized spacial score (nSPS) is 14.3. The molecule has 1 aliphatic rings. The van der Waals surface area contributed by atoms with E-state index in [4.69, 9.17) is 33.7 Å². The van der Waals surface area contributed by atoms with E-state index in [1.54, 1.807) is 66.7 Å². The number of benzene rings is 4. The number of primary amides is 1. The van der Waals surface area contributed by atoms with Crippen LogP contribution in [-0.2, 0) is 10.0 Å². The van der Waals surface area contributed by atoms with Crippen molar-refractivity contribution < 1.29 is 17.9 Å². The standard InChI is InChI=1S/C29H25Cl2N3O4S/c30-26-15-14-25(29(32)35)27(28(26)31)20-6-10-22(11-7-20)38-23-12-8-21(9-13-23)33-16-18-34(19-17-33)39(36,37)24-4-2-1-3-5-24/h1-15H,16-19H2,(H2,32,35). The third-order valence-electron chi connectivity index (χ3n) is 6.56. The maximum Gasteiger partial charge on any atom is 0.249 e. The molecule has 0 aliphatic carbocycles. The van der Waals surface area contributed by atoms with Gasteiger partial charge in [0.15, 0.2) is 0 Å². The Bertz CT molecular complexity index is 1590. The van der Waals surface area contributed by atoms with Gasteiger partial charge in [-0.25, -0.2) is 8.42 Å². The first-order chi connectivity index (χ1) is 18.7. The van der Waals surface area contributed by atoms with E-state index in [1.807, 2.05) is 24.3 Å². The van der Waals surface area contributed by atoms with Gasteiger partial charge in [-0.2, -0.15) is 4.31 Å². The summed E-state index contributed by atoms with van der Waals surface area (Å²) < 4.78 is 33.3. The number of carbonyl (C=O) groups is 1. The summed E-state index contributed by atoms with van der Waals surface area (Å²) in [7, 11) is -3.49. The summed E-state index contributed by atoms with van der Waals surface area (Å²) in [6, 6.07) is 26.4. The first-order valence-electron chi connectivity index (χ1n) is 12.2. The Labute approximate surface area is 237 Å². The largest absolute Gasteiger partial charge is 0.457 e. The molecule has 1 heterocycles. The first kappa shape index (κ1) is 27.0. The summed E-state index contributed by atoms with van der Waals surface area (Å²) in [4.78, 5) is 14.4. The van der Waals surface area contributed by atoms with Gasteiger partial charge in [0, 0.05) is 43.0 Å². The number of amides is 1. The number of sulfonamides is 1. The highest BCUT2D eigenvalue weighted by Crippen LogP contribution is 2.37. The third-order valence-corrected chi connectivity index (χ3v) is 9.28. The second kappa shape index (κ2) is 11.3. The second-order valence-electron chi connectivity index (χ2n) is 8.97. The van der Waals surface area contributed by atoms with Gasteiger partial charge in [-0.15, -0.1) is 0 Å². The molecule has 4 aromatic rings. The Hall–Kier alpha value is -3.56. The lowest BCUT2D eigenvalue weighted by Gasteiger charge is -2.35. The van der Waals surface area contributed by atoms with Crippen LogP contribution in [-0.4, -0.2) is 44.8 Å². The Morgan fingerprint density at radius 2 is 1.36 bits per heavy atom. The number of piperazine rings is 1. The molecule has 1 fully saturated rings. The molecule has 0 radical (unpaired) electrons. The fourth-order valence-corrected chi connectivity index (χ4v) is 6.39. The van der Waals surface area contributed by atoms with E-state index < -0.39 is 15.9 Å². The Balaban J connectivity index is 1.23. The lowest BCUT2D eigenvalue weighted by atomic mass is 9.99. The molecular formula is C29H25Cl2N3O4S. The van der Waals surface area contributed by atoms with E-state index in [9.17, 15) is 13.2 Å². The summed E-state index contributed by atoms with van der Waals surface area (Å²) in [6.07, 6.45) is 0. The second-order valence-corrected chi connectivity index (χ2v) is 11.7. The van der Waals surface area contributed by atoms with Crippen molar-refractivity contribution in [3.05, 3.63) is 107 Å². The van der Waals surface area contributed by atoms with Gasteiger partial charge >= 0.3 is 0 Å². The molecule has 2 N–H and O–H groups in total. The van der Waals surface area contributed by atoms with E-state index in [-0.39, 0.29) is 10.6 Å². The van der Waals surface area contributed by atoms with Crippen molar-refractivity contribution in [1.29, 1.82) is 0 Å². The molecule has 0 atom stereocenters. The summed E-state index contributed by atoms with van der Waals surface area (Å²) >= 11 is 12.5. The van der Waals surface area contributed by atoms with Gasteiger partial charge < -0.3 is 15.4 Å². The molecule has 39 heavy (non-hydrogen) atoms. The zero-order valence-electron chi connectivity index (χ0n) is 20.8. The minimum absolute atomic E-state index is 0.260. The van der Waals surface area contributed by atoms with Crippen LogP contribution in [0.5, 0.6) is 11.5 Å². The average molecular weight is 583 g/mol. The van der Waals surface area contributed by atoms with E-state index in [2.05, 4.69) is 4.90 Å². The molecule has 0 spiro atoms. The van der Waals surface area contributed by atoms with Crippen LogP contribution in [0, 0.1) is 0 Å². The zero-order chi connectivity index (χ0) is 27.6. The van der Waals surface area contributed by atoms with Crippen molar-refractivity contribution >= 4 is 44.8 Å². The van der Waals surface area contributed by atoms with Crippen LogP contribution < -0.4 is 15.4 Å². The van der Waals surface area contributed by atoms with E-state index >= 15 is 0 Å². The van der Waals surface area contributed by atoms with Crippen LogP contribution >= 0.6 is 23.2 Å². The Kier molecular flexibility index (Phi) is 7.81. The quantitative estimate of drug-likeness (QED) is 0.286. The number of halogens is 2. The molecule has 0 saturated carbocycles. The van der Waals surface area contributed by atoms with Crippen LogP contribution in [0.3, 0.4) is 0 Å². The minimum atomic E-state index is -3.49. The maximum absolute atomic E-state index is 12.9. The van der Waals surface area contributed by atoms with E-state index in [1.165, 1.54) is 4.31 Å². The molecular weight excluding hydrogens is 557 g/mol. The minimum Gasteiger partial charge on any atom is -0.457 e. The SMILES string of the molecule is NC(=O)c1ccc(Cl)c(Cl)c1-c1ccc(Oc2ccc(N3CCN(S(=O)(=O)c4ccccc4)CC3)cc2)cc1.